The lowest BCUT2D eigenvalue weighted by molar-refractivity contribution is -0.401. The molecule has 2 aromatic carbocycles. The largest absolute Gasteiger partial charge is 0.246 e. The third-order valence-electron chi connectivity index (χ3n) is 6.80. The summed E-state index contributed by atoms with van der Waals surface area (Å²) >= 11 is 0. The molecule has 4 heteroatoms. The molecule has 0 atom stereocenters. The van der Waals surface area contributed by atoms with Crippen molar-refractivity contribution in [3.63, 3.8) is 0 Å². The summed E-state index contributed by atoms with van der Waals surface area (Å²) in [7, 11) is 4.27. The van der Waals surface area contributed by atoms with E-state index in [9.17, 15) is 0 Å². The van der Waals surface area contributed by atoms with Gasteiger partial charge in [0.15, 0.2) is 0 Å². The molecule has 0 fully saturated rings. The van der Waals surface area contributed by atoms with Gasteiger partial charge in [0.25, 0.3) is 0 Å². The second-order valence-electron chi connectivity index (χ2n) is 8.83. The van der Waals surface area contributed by atoms with Crippen molar-refractivity contribution in [1.29, 1.82) is 0 Å². The van der Waals surface area contributed by atoms with Crippen LogP contribution in [-0.2, 0) is 19.3 Å². The molecule has 0 unspecified atom stereocenters. The van der Waals surface area contributed by atoms with Crippen LogP contribution in [0.1, 0.15) is 33.9 Å². The van der Waals surface area contributed by atoms with Crippen molar-refractivity contribution in [1.82, 2.24) is 9.97 Å². The predicted octanol–water partition coefficient (Wildman–Crippen LogP) is 4.71. The zero-order valence-electron chi connectivity index (χ0n) is 19.0. The van der Waals surface area contributed by atoms with Gasteiger partial charge in [0, 0.05) is 41.1 Å². The van der Waals surface area contributed by atoms with Gasteiger partial charge in [0.05, 0.1) is 12.8 Å². The summed E-state index contributed by atoms with van der Waals surface area (Å²) in [5, 5.41) is 0. The molecule has 4 nitrogen and oxygen atoms in total. The first-order chi connectivity index (χ1) is 16.2. The van der Waals surface area contributed by atoms with Gasteiger partial charge >= 0.3 is 0 Å². The van der Waals surface area contributed by atoms with E-state index in [0.717, 1.165) is 42.0 Å². The number of pyridine rings is 2. The summed E-state index contributed by atoms with van der Waals surface area (Å²) in [6.45, 7) is 0. The third kappa shape index (κ3) is 3.48. The second kappa shape index (κ2) is 7.89. The summed E-state index contributed by atoms with van der Waals surface area (Å²) in [6.07, 6.45) is 2.56. The normalized spacial score (nSPS) is 14.6. The number of rotatable bonds is 4. The van der Waals surface area contributed by atoms with Crippen molar-refractivity contribution in [3.8, 4) is 0 Å². The SMILES string of the molecule is C[N+]1=C(c2cccc(Cc3cccc(C4=[N+](C)c5ccccc5C4)n3)n2)Cc2ccccc21. The van der Waals surface area contributed by atoms with E-state index in [1.807, 2.05) is 0 Å². The van der Waals surface area contributed by atoms with Crippen LogP contribution in [0, 0.1) is 0 Å². The van der Waals surface area contributed by atoms with E-state index in [2.05, 4.69) is 108 Å². The number of hydrogen-bond donors (Lipinski definition) is 0. The van der Waals surface area contributed by atoms with Crippen LogP contribution in [-0.4, -0.2) is 44.6 Å². The minimum atomic E-state index is 0.718. The predicted molar refractivity (Wildman–Crippen MR) is 131 cm³/mol. The fraction of sp³-hybridized carbons (Fsp3) is 0.172. The van der Waals surface area contributed by atoms with Gasteiger partial charge in [-0.2, -0.15) is 9.15 Å². The Balaban J connectivity index is 1.28. The Kier molecular flexibility index (Phi) is 4.72. The van der Waals surface area contributed by atoms with Crippen molar-refractivity contribution in [2.24, 2.45) is 0 Å². The molecule has 0 saturated heterocycles. The molecular formula is C29H26N4+2. The highest BCUT2D eigenvalue weighted by Crippen LogP contribution is 2.28. The molecule has 2 aliphatic heterocycles. The Morgan fingerprint density at radius 2 is 1.03 bits per heavy atom. The minimum Gasteiger partial charge on any atom is -0.246 e. The van der Waals surface area contributed by atoms with Crippen LogP contribution in [0.15, 0.2) is 84.9 Å². The van der Waals surface area contributed by atoms with Crippen molar-refractivity contribution >= 4 is 22.8 Å². The number of benzene rings is 2. The average molecular weight is 431 g/mol. The maximum atomic E-state index is 5.02. The molecule has 0 amide bonds. The van der Waals surface area contributed by atoms with Gasteiger partial charge in [0.2, 0.25) is 22.8 Å². The Morgan fingerprint density at radius 1 is 0.576 bits per heavy atom. The Morgan fingerprint density at radius 3 is 1.48 bits per heavy atom. The summed E-state index contributed by atoms with van der Waals surface area (Å²) in [4.78, 5) is 10.0. The Bertz CT molecular complexity index is 1350. The zero-order valence-corrected chi connectivity index (χ0v) is 19.0. The Labute approximate surface area is 194 Å². The molecule has 0 spiro atoms. The van der Waals surface area contributed by atoms with Crippen LogP contribution in [0.2, 0.25) is 0 Å². The van der Waals surface area contributed by atoms with Crippen molar-refractivity contribution < 1.29 is 9.15 Å². The van der Waals surface area contributed by atoms with E-state index in [1.54, 1.807) is 0 Å². The van der Waals surface area contributed by atoms with Crippen LogP contribution in [0.5, 0.6) is 0 Å². The van der Waals surface area contributed by atoms with E-state index in [1.165, 1.54) is 33.9 Å². The molecule has 33 heavy (non-hydrogen) atoms. The van der Waals surface area contributed by atoms with Crippen LogP contribution in [0.25, 0.3) is 0 Å². The molecule has 2 aliphatic rings. The van der Waals surface area contributed by atoms with Crippen LogP contribution in [0.3, 0.4) is 0 Å². The van der Waals surface area contributed by atoms with Gasteiger partial charge in [-0.1, -0.05) is 48.5 Å². The van der Waals surface area contributed by atoms with E-state index in [0.29, 0.717) is 0 Å². The zero-order chi connectivity index (χ0) is 22.4. The summed E-state index contributed by atoms with van der Waals surface area (Å²) in [5.41, 5.74) is 11.9. The molecule has 6 rings (SSSR count). The smallest absolute Gasteiger partial charge is 0.212 e. The summed E-state index contributed by atoms with van der Waals surface area (Å²) in [5.74, 6) is 0. The fourth-order valence-corrected chi connectivity index (χ4v) is 5.05. The highest BCUT2D eigenvalue weighted by molar-refractivity contribution is 6.00. The van der Waals surface area contributed by atoms with E-state index in [-0.39, 0.29) is 0 Å². The average Bonchev–Trinajstić information content (AvgIpc) is 3.37. The van der Waals surface area contributed by atoms with E-state index in [4.69, 9.17) is 9.97 Å². The highest BCUT2D eigenvalue weighted by atomic mass is 15.0. The van der Waals surface area contributed by atoms with Crippen LogP contribution in [0.4, 0.5) is 11.4 Å². The van der Waals surface area contributed by atoms with Gasteiger partial charge in [-0.05, 0) is 24.3 Å². The number of nitrogens with zero attached hydrogens (tertiary/aromatic N) is 4. The second-order valence-corrected chi connectivity index (χ2v) is 8.83. The number of para-hydroxylation sites is 2. The van der Waals surface area contributed by atoms with Gasteiger partial charge < -0.3 is 0 Å². The van der Waals surface area contributed by atoms with E-state index >= 15 is 0 Å². The first-order valence-electron chi connectivity index (χ1n) is 11.4. The standard InChI is InChI=1S/C29H26N4/c1-32-26-15-5-3-9-20(26)17-28(32)24-13-7-11-22(30-24)19-23-12-8-14-25(31-23)29-18-21-10-4-6-16-27(21)33(29)2/h3-16H,17-19H2,1-2H3/q+2. The van der Waals surface area contributed by atoms with E-state index < -0.39 is 0 Å². The molecular weight excluding hydrogens is 404 g/mol. The molecule has 0 radical (unpaired) electrons. The molecule has 160 valence electrons. The maximum Gasteiger partial charge on any atom is 0.212 e. The molecule has 4 aromatic rings. The van der Waals surface area contributed by atoms with Gasteiger partial charge in [0.1, 0.15) is 25.5 Å². The molecule has 0 bridgehead atoms. The fourth-order valence-electron chi connectivity index (χ4n) is 5.05. The lowest BCUT2D eigenvalue weighted by Crippen LogP contribution is -2.14. The quantitative estimate of drug-likeness (QED) is 0.439. The first kappa shape index (κ1) is 19.7. The van der Waals surface area contributed by atoms with Crippen molar-refractivity contribution in [2.45, 2.75) is 19.3 Å². The molecule has 4 heterocycles. The summed E-state index contributed by atoms with van der Waals surface area (Å²) < 4.78 is 4.54. The topological polar surface area (TPSA) is 31.8 Å². The number of aromatic nitrogens is 2. The molecule has 0 aliphatic carbocycles. The van der Waals surface area contributed by atoms with Gasteiger partial charge in [-0.15, -0.1) is 0 Å². The third-order valence-corrected chi connectivity index (χ3v) is 6.80. The highest BCUT2D eigenvalue weighted by Gasteiger charge is 2.30. The lowest BCUT2D eigenvalue weighted by atomic mass is 10.1. The van der Waals surface area contributed by atoms with Crippen molar-refractivity contribution in [3.05, 3.63) is 119 Å². The van der Waals surface area contributed by atoms with Crippen LogP contribution < -0.4 is 0 Å². The Hall–Kier alpha value is -3.92. The monoisotopic (exact) mass is 430 g/mol. The summed E-state index contributed by atoms with van der Waals surface area (Å²) in [6, 6.07) is 29.8. The van der Waals surface area contributed by atoms with Gasteiger partial charge in [-0.25, -0.2) is 9.97 Å². The maximum absolute atomic E-state index is 5.02. The molecule has 0 saturated carbocycles. The van der Waals surface area contributed by atoms with Crippen LogP contribution >= 0.6 is 0 Å². The number of fused-ring (bicyclic) bond motifs is 2. The molecule has 2 aromatic heterocycles. The number of hydrogen-bond acceptors (Lipinski definition) is 2. The van der Waals surface area contributed by atoms with Crippen molar-refractivity contribution in [2.75, 3.05) is 14.1 Å². The van der Waals surface area contributed by atoms with Gasteiger partial charge in [-0.3, -0.25) is 0 Å². The lowest BCUT2D eigenvalue weighted by Gasteiger charge is -2.05. The minimum absolute atomic E-state index is 0.718. The molecule has 0 N–H and O–H groups in total. The first-order valence-corrected chi connectivity index (χ1v) is 11.4.